The number of hydrogen-bond acceptors (Lipinski definition) is 7. The van der Waals surface area contributed by atoms with Gasteiger partial charge in [0.15, 0.2) is 5.54 Å². The maximum Gasteiger partial charge on any atom is 0.416 e. The van der Waals surface area contributed by atoms with Crippen LogP contribution < -0.4 is 10.6 Å². The first-order valence-electron chi connectivity index (χ1n) is 11.6. The second-order valence-corrected chi connectivity index (χ2v) is 9.16. The number of halogens is 3. The number of nitro benzene ring substituents is 2. The number of benzene rings is 3. The predicted octanol–water partition coefficient (Wildman–Crippen LogP) is 4.49. The molecule has 3 aromatic rings. The van der Waals surface area contributed by atoms with Crippen molar-refractivity contribution in [3.05, 3.63) is 114 Å². The van der Waals surface area contributed by atoms with E-state index < -0.39 is 55.9 Å². The Kier molecular flexibility index (Phi) is 7.11. The van der Waals surface area contributed by atoms with Crippen LogP contribution in [-0.4, -0.2) is 27.6 Å². The molecule has 0 saturated heterocycles. The fraction of sp³-hybridized carbons (Fsp3) is 0.192. The molecule has 1 aliphatic heterocycles. The summed E-state index contributed by atoms with van der Waals surface area (Å²) >= 11 is 0. The molecule has 2 amide bonds. The molecule has 11 nitrogen and oxygen atoms in total. The van der Waals surface area contributed by atoms with Crippen molar-refractivity contribution >= 4 is 29.1 Å². The lowest BCUT2D eigenvalue weighted by Crippen LogP contribution is -2.43. The highest BCUT2D eigenvalue weighted by Gasteiger charge is 2.46. The van der Waals surface area contributed by atoms with Crippen LogP contribution in [0.1, 0.15) is 38.2 Å². The summed E-state index contributed by atoms with van der Waals surface area (Å²) in [6.45, 7) is 3.62. The van der Waals surface area contributed by atoms with Gasteiger partial charge in [-0.25, -0.2) is 4.99 Å². The van der Waals surface area contributed by atoms with Crippen molar-refractivity contribution in [3.63, 3.8) is 0 Å². The minimum atomic E-state index is -4.62. The second kappa shape index (κ2) is 10.2. The van der Waals surface area contributed by atoms with Crippen molar-refractivity contribution in [1.82, 2.24) is 10.6 Å². The Morgan fingerprint density at radius 1 is 0.975 bits per heavy atom. The lowest BCUT2D eigenvalue weighted by molar-refractivity contribution is -0.394. The molecule has 0 fully saturated rings. The molecule has 206 valence electrons. The average Bonchev–Trinajstić information content (AvgIpc) is 3.19. The van der Waals surface area contributed by atoms with Gasteiger partial charge in [-0.2, -0.15) is 13.2 Å². The molecule has 0 aromatic heterocycles. The van der Waals surface area contributed by atoms with Crippen molar-refractivity contribution in [2.75, 3.05) is 0 Å². The molecular formula is C26H20F3N5O6. The molecular weight excluding hydrogens is 535 g/mol. The van der Waals surface area contributed by atoms with Gasteiger partial charge in [0.25, 0.3) is 23.2 Å². The molecule has 0 bridgehead atoms. The summed E-state index contributed by atoms with van der Waals surface area (Å²) in [5.74, 6) is -2.16. The summed E-state index contributed by atoms with van der Waals surface area (Å²) in [6, 6.07) is 11.7. The zero-order chi connectivity index (χ0) is 29.4. The molecule has 1 heterocycles. The standard InChI is InChI=1S/C26H20F3N5O6/c1-14-6-7-18(8-15(14)2)25(13-16-4-3-5-19(9-16)26(27,28)29)23(36)31-24(32-25)30-22(35)17-10-20(33(37)38)12-21(11-17)34(39)40/h3-12H,13H2,1-2H3,(H2,30,31,32,35,36). The average molecular weight is 555 g/mol. The summed E-state index contributed by atoms with van der Waals surface area (Å²) in [5.41, 5.74) is -2.37. The zero-order valence-electron chi connectivity index (χ0n) is 20.9. The summed E-state index contributed by atoms with van der Waals surface area (Å²) in [6.07, 6.45) is -4.92. The third kappa shape index (κ3) is 5.50. The lowest BCUT2D eigenvalue weighted by Gasteiger charge is -2.25. The van der Waals surface area contributed by atoms with Gasteiger partial charge >= 0.3 is 6.18 Å². The van der Waals surface area contributed by atoms with Gasteiger partial charge in [-0.15, -0.1) is 0 Å². The number of rotatable bonds is 6. The van der Waals surface area contributed by atoms with Gasteiger partial charge in [0.2, 0.25) is 5.96 Å². The highest BCUT2D eigenvalue weighted by atomic mass is 19.4. The van der Waals surface area contributed by atoms with E-state index in [9.17, 15) is 43.0 Å². The maximum absolute atomic E-state index is 13.4. The van der Waals surface area contributed by atoms with E-state index >= 15 is 0 Å². The number of non-ortho nitro benzene ring substituents is 2. The third-order valence-electron chi connectivity index (χ3n) is 6.43. The van der Waals surface area contributed by atoms with Crippen LogP contribution in [-0.2, 0) is 22.9 Å². The molecule has 40 heavy (non-hydrogen) atoms. The van der Waals surface area contributed by atoms with Crippen molar-refractivity contribution in [2.45, 2.75) is 32.0 Å². The van der Waals surface area contributed by atoms with Crippen LogP contribution in [0, 0.1) is 34.1 Å². The molecule has 2 N–H and O–H groups in total. The third-order valence-corrected chi connectivity index (χ3v) is 6.43. The van der Waals surface area contributed by atoms with Crippen molar-refractivity contribution in [1.29, 1.82) is 0 Å². The number of carbonyl (C=O) groups is 2. The molecule has 1 aliphatic rings. The van der Waals surface area contributed by atoms with Crippen LogP contribution in [0.2, 0.25) is 0 Å². The molecule has 0 saturated carbocycles. The van der Waals surface area contributed by atoms with E-state index in [2.05, 4.69) is 15.6 Å². The van der Waals surface area contributed by atoms with Crippen LogP contribution in [0.15, 0.2) is 65.7 Å². The predicted molar refractivity (Wildman–Crippen MR) is 136 cm³/mol. The minimum Gasteiger partial charge on any atom is -0.294 e. The van der Waals surface area contributed by atoms with Crippen LogP contribution >= 0.6 is 0 Å². The summed E-state index contributed by atoms with van der Waals surface area (Å²) in [5, 5.41) is 27.1. The largest absolute Gasteiger partial charge is 0.416 e. The Morgan fingerprint density at radius 3 is 2.20 bits per heavy atom. The molecule has 0 spiro atoms. The van der Waals surface area contributed by atoms with Crippen LogP contribution in [0.3, 0.4) is 0 Å². The summed E-state index contributed by atoms with van der Waals surface area (Å²) in [4.78, 5) is 51.3. The lowest BCUT2D eigenvalue weighted by atomic mass is 9.82. The normalized spacial score (nSPS) is 16.7. The van der Waals surface area contributed by atoms with E-state index in [1.807, 2.05) is 6.92 Å². The molecule has 4 rings (SSSR count). The van der Waals surface area contributed by atoms with Crippen LogP contribution in [0.4, 0.5) is 24.5 Å². The number of amides is 2. The summed E-state index contributed by atoms with van der Waals surface area (Å²) in [7, 11) is 0. The number of nitrogens with zero attached hydrogens (tertiary/aromatic N) is 3. The number of alkyl halides is 3. The van der Waals surface area contributed by atoms with Gasteiger partial charge in [0.1, 0.15) is 0 Å². The fourth-order valence-electron chi connectivity index (χ4n) is 4.23. The number of nitro groups is 2. The smallest absolute Gasteiger partial charge is 0.294 e. The Morgan fingerprint density at radius 2 is 1.62 bits per heavy atom. The van der Waals surface area contributed by atoms with Crippen molar-refractivity contribution < 1.29 is 32.6 Å². The van der Waals surface area contributed by atoms with Crippen molar-refractivity contribution in [2.24, 2.45) is 4.99 Å². The van der Waals surface area contributed by atoms with E-state index in [1.165, 1.54) is 12.1 Å². The molecule has 1 atom stereocenters. The van der Waals surface area contributed by atoms with Gasteiger partial charge < -0.3 is 0 Å². The Labute approximate surface area is 224 Å². The first-order chi connectivity index (χ1) is 18.7. The van der Waals surface area contributed by atoms with Gasteiger partial charge in [0, 0.05) is 18.6 Å². The molecule has 1 unspecified atom stereocenters. The van der Waals surface area contributed by atoms with Gasteiger partial charge in [-0.1, -0.05) is 36.4 Å². The Balaban J connectivity index is 1.76. The molecule has 0 radical (unpaired) electrons. The van der Waals surface area contributed by atoms with E-state index in [4.69, 9.17) is 0 Å². The fourth-order valence-corrected chi connectivity index (χ4v) is 4.23. The highest BCUT2D eigenvalue weighted by Crippen LogP contribution is 2.36. The quantitative estimate of drug-likeness (QED) is 0.337. The topological polar surface area (TPSA) is 157 Å². The molecule has 14 heteroatoms. The van der Waals surface area contributed by atoms with E-state index in [-0.39, 0.29) is 17.9 Å². The molecule has 0 aliphatic carbocycles. The van der Waals surface area contributed by atoms with Gasteiger partial charge in [-0.3, -0.25) is 40.5 Å². The minimum absolute atomic E-state index is 0.147. The monoisotopic (exact) mass is 555 g/mol. The van der Waals surface area contributed by atoms with Gasteiger partial charge in [0.05, 0.1) is 27.0 Å². The maximum atomic E-state index is 13.4. The Hall–Kier alpha value is -5.14. The first kappa shape index (κ1) is 27.9. The number of guanidine groups is 1. The van der Waals surface area contributed by atoms with E-state index in [1.54, 1.807) is 25.1 Å². The van der Waals surface area contributed by atoms with Crippen molar-refractivity contribution in [3.8, 4) is 0 Å². The number of hydrogen-bond donors (Lipinski definition) is 2. The number of carbonyl (C=O) groups excluding carboxylic acids is 2. The van der Waals surface area contributed by atoms with Crippen LogP contribution in [0.25, 0.3) is 0 Å². The van der Waals surface area contributed by atoms with E-state index in [0.717, 1.165) is 35.4 Å². The van der Waals surface area contributed by atoms with Gasteiger partial charge in [-0.05, 0) is 42.2 Å². The first-order valence-corrected chi connectivity index (χ1v) is 11.6. The van der Waals surface area contributed by atoms with Crippen LogP contribution in [0.5, 0.6) is 0 Å². The number of aryl methyl sites for hydroxylation is 2. The SMILES string of the molecule is Cc1ccc(C2(Cc3cccc(C(F)(F)F)c3)N=C(NC(=O)c3cc([N+](=O)[O-])cc([N+](=O)[O-])c3)NC2=O)cc1C. The zero-order valence-corrected chi connectivity index (χ0v) is 20.9. The summed E-state index contributed by atoms with van der Waals surface area (Å²) < 4.78 is 40.1. The Bertz CT molecular complexity index is 1570. The number of nitrogens with one attached hydrogen (secondary N) is 2. The van der Waals surface area contributed by atoms with E-state index in [0.29, 0.717) is 11.6 Å². The highest BCUT2D eigenvalue weighted by molar-refractivity contribution is 6.15. The number of aliphatic imine (C=N–C) groups is 1. The second-order valence-electron chi connectivity index (χ2n) is 9.16. The molecule has 3 aromatic carbocycles.